The van der Waals surface area contributed by atoms with E-state index in [1.807, 2.05) is 12.1 Å². The van der Waals surface area contributed by atoms with E-state index in [0.717, 1.165) is 5.69 Å². The first-order valence-electron chi connectivity index (χ1n) is 8.78. The maximum Gasteiger partial charge on any atom is 0.434 e. The van der Waals surface area contributed by atoms with E-state index in [-0.39, 0.29) is 5.69 Å². The van der Waals surface area contributed by atoms with Gasteiger partial charge >= 0.3 is 6.18 Å². The smallest absolute Gasteiger partial charge is 0.434 e. The van der Waals surface area contributed by atoms with Crippen LogP contribution in [0.2, 0.25) is 10.0 Å². The fourth-order valence-corrected chi connectivity index (χ4v) is 3.67. The normalized spacial score (nSPS) is 15.0. The van der Waals surface area contributed by atoms with Gasteiger partial charge in [-0.2, -0.15) is 18.3 Å². The number of halogens is 5. The molecule has 158 valence electrons. The second-order valence-corrected chi connectivity index (χ2v) is 7.38. The summed E-state index contributed by atoms with van der Waals surface area (Å²) in [6, 6.07) is 5.39. The van der Waals surface area contributed by atoms with Crippen molar-refractivity contribution in [1.29, 1.82) is 0 Å². The van der Waals surface area contributed by atoms with Crippen molar-refractivity contribution in [3.05, 3.63) is 39.6 Å². The molecule has 1 aromatic heterocycles. The molecule has 6 nitrogen and oxygen atoms in total. The van der Waals surface area contributed by atoms with E-state index in [4.69, 9.17) is 27.9 Å². The lowest BCUT2D eigenvalue weighted by Gasteiger charge is -2.36. The third kappa shape index (κ3) is 4.56. The van der Waals surface area contributed by atoms with Gasteiger partial charge in [0.25, 0.3) is 0 Å². The van der Waals surface area contributed by atoms with Crippen LogP contribution in [0.4, 0.5) is 18.9 Å². The second kappa shape index (κ2) is 8.31. The van der Waals surface area contributed by atoms with Gasteiger partial charge in [-0.05, 0) is 19.1 Å². The van der Waals surface area contributed by atoms with E-state index in [9.17, 15) is 18.0 Å². The first kappa shape index (κ1) is 21.6. The average molecular weight is 451 g/mol. The first-order valence-corrected chi connectivity index (χ1v) is 9.53. The number of methoxy groups -OCH3 is 1. The Morgan fingerprint density at radius 3 is 2.45 bits per heavy atom. The number of alkyl halides is 3. The molecule has 2 aromatic rings. The molecule has 2 heterocycles. The summed E-state index contributed by atoms with van der Waals surface area (Å²) in [6.45, 7) is 2.66. The average Bonchev–Trinajstić information content (AvgIpc) is 2.95. The Kier molecular flexibility index (Phi) is 6.19. The lowest BCUT2D eigenvalue weighted by Crippen LogP contribution is -2.49. The van der Waals surface area contributed by atoms with Crippen LogP contribution in [0.25, 0.3) is 0 Å². The molecule has 0 bridgehead atoms. The largest absolute Gasteiger partial charge is 0.495 e. The molecule has 1 aliphatic rings. The van der Waals surface area contributed by atoms with E-state index in [1.54, 1.807) is 6.07 Å². The van der Waals surface area contributed by atoms with Gasteiger partial charge in [-0.25, -0.2) is 4.68 Å². The monoisotopic (exact) mass is 450 g/mol. The Morgan fingerprint density at radius 2 is 1.86 bits per heavy atom. The number of aromatic nitrogens is 2. The summed E-state index contributed by atoms with van der Waals surface area (Å²) in [5.41, 5.74) is -0.169. The highest BCUT2D eigenvalue weighted by atomic mass is 35.5. The number of anilines is 1. The zero-order valence-corrected chi connectivity index (χ0v) is 17.3. The van der Waals surface area contributed by atoms with Crippen molar-refractivity contribution < 1.29 is 22.7 Å². The van der Waals surface area contributed by atoms with Gasteiger partial charge in [0.2, 0.25) is 5.91 Å². The van der Waals surface area contributed by atoms with Crippen LogP contribution in [-0.4, -0.2) is 53.9 Å². The molecule has 0 radical (unpaired) electrons. The van der Waals surface area contributed by atoms with Crippen molar-refractivity contribution in [3.63, 3.8) is 0 Å². The zero-order valence-electron chi connectivity index (χ0n) is 15.8. The number of carbonyl (C=O) groups excluding carboxylic acids is 1. The van der Waals surface area contributed by atoms with Crippen molar-refractivity contribution in [1.82, 2.24) is 14.7 Å². The van der Waals surface area contributed by atoms with Crippen LogP contribution in [0.1, 0.15) is 11.4 Å². The lowest BCUT2D eigenvalue weighted by molar-refractivity contribution is -0.145. The summed E-state index contributed by atoms with van der Waals surface area (Å²) < 4.78 is 45.6. The summed E-state index contributed by atoms with van der Waals surface area (Å²) in [5, 5.41) is 3.80. The third-order valence-electron chi connectivity index (χ3n) is 4.74. The summed E-state index contributed by atoms with van der Waals surface area (Å²) in [5.74, 6) is 0.108. The number of hydrogen-bond donors (Lipinski definition) is 0. The van der Waals surface area contributed by atoms with E-state index < -0.39 is 29.3 Å². The Hall–Kier alpha value is -2.13. The quantitative estimate of drug-likeness (QED) is 0.709. The van der Waals surface area contributed by atoms with E-state index in [2.05, 4.69) is 10.00 Å². The van der Waals surface area contributed by atoms with Crippen molar-refractivity contribution in [2.24, 2.45) is 0 Å². The first-order chi connectivity index (χ1) is 13.6. The molecule has 0 aliphatic carbocycles. The number of nitrogens with zero attached hydrogens (tertiary/aromatic N) is 4. The van der Waals surface area contributed by atoms with Crippen molar-refractivity contribution in [3.8, 4) is 5.75 Å². The molecule has 1 aliphatic heterocycles. The van der Waals surface area contributed by atoms with Crippen molar-refractivity contribution >= 4 is 34.8 Å². The molecule has 1 saturated heterocycles. The molecule has 0 spiro atoms. The molecule has 0 saturated carbocycles. The van der Waals surface area contributed by atoms with Crippen molar-refractivity contribution in [2.75, 3.05) is 38.2 Å². The maximum absolute atomic E-state index is 13.2. The minimum Gasteiger partial charge on any atom is -0.495 e. The number of benzene rings is 1. The molecule has 0 atom stereocenters. The van der Waals surface area contributed by atoms with Gasteiger partial charge in [0, 0.05) is 37.9 Å². The van der Waals surface area contributed by atoms with Crippen LogP contribution in [0.3, 0.4) is 0 Å². The van der Waals surface area contributed by atoms with Gasteiger partial charge in [-0.15, -0.1) is 0 Å². The fraction of sp³-hybridized carbons (Fsp3) is 0.444. The number of amides is 1. The van der Waals surface area contributed by atoms with Gasteiger partial charge in [0.1, 0.15) is 12.3 Å². The van der Waals surface area contributed by atoms with Crippen LogP contribution >= 0.6 is 23.2 Å². The second-order valence-electron chi connectivity index (χ2n) is 6.59. The Balaban J connectivity index is 1.66. The Morgan fingerprint density at radius 1 is 1.21 bits per heavy atom. The molecule has 0 unspecified atom stereocenters. The predicted molar refractivity (Wildman–Crippen MR) is 104 cm³/mol. The standard InChI is InChI=1S/C18H19Cl2F3N4O2/c1-11-16(20)17(18(21,22)23)27(24-11)10-15(28)26-7-5-25(6-8-26)12-3-4-13(19)14(9-12)29-2/h3-4,9H,5-8,10H2,1-2H3. The molecule has 29 heavy (non-hydrogen) atoms. The third-order valence-corrected chi connectivity index (χ3v) is 5.50. The van der Waals surface area contributed by atoms with E-state index in [1.165, 1.54) is 18.9 Å². The van der Waals surface area contributed by atoms with Gasteiger partial charge in [-0.3, -0.25) is 4.79 Å². The fourth-order valence-electron chi connectivity index (χ4n) is 3.23. The number of rotatable bonds is 4. The highest BCUT2D eigenvalue weighted by molar-refractivity contribution is 6.32. The molecular weight excluding hydrogens is 432 g/mol. The SMILES string of the molecule is COc1cc(N2CCN(C(=O)Cn3nc(C)c(Cl)c3C(F)(F)F)CC2)ccc1Cl. The summed E-state index contributed by atoms with van der Waals surface area (Å²) in [6.07, 6.45) is -4.69. The minimum atomic E-state index is -4.69. The number of hydrogen-bond acceptors (Lipinski definition) is 4. The summed E-state index contributed by atoms with van der Waals surface area (Å²) >= 11 is 11.8. The number of piperazine rings is 1. The van der Waals surface area contributed by atoms with E-state index in [0.29, 0.717) is 41.6 Å². The predicted octanol–water partition coefficient (Wildman–Crippen LogP) is 3.87. The molecule has 1 fully saturated rings. The Bertz CT molecular complexity index is 909. The molecule has 1 amide bonds. The number of carbonyl (C=O) groups is 1. The van der Waals surface area contributed by atoms with Crippen LogP contribution in [0, 0.1) is 6.92 Å². The van der Waals surface area contributed by atoms with E-state index >= 15 is 0 Å². The van der Waals surface area contributed by atoms with Gasteiger partial charge in [-0.1, -0.05) is 23.2 Å². The number of aryl methyl sites for hydroxylation is 1. The summed E-state index contributed by atoms with van der Waals surface area (Å²) in [4.78, 5) is 16.1. The van der Waals surface area contributed by atoms with Crippen LogP contribution < -0.4 is 9.64 Å². The Labute approximate surface area is 175 Å². The number of ether oxygens (including phenoxy) is 1. The van der Waals surface area contributed by atoms with Gasteiger partial charge < -0.3 is 14.5 Å². The van der Waals surface area contributed by atoms with Crippen LogP contribution in [0.15, 0.2) is 18.2 Å². The highest BCUT2D eigenvalue weighted by Gasteiger charge is 2.39. The van der Waals surface area contributed by atoms with Crippen molar-refractivity contribution in [2.45, 2.75) is 19.6 Å². The molecular formula is C18H19Cl2F3N4O2. The summed E-state index contributed by atoms with van der Waals surface area (Å²) in [7, 11) is 1.53. The zero-order chi connectivity index (χ0) is 21.3. The lowest BCUT2D eigenvalue weighted by atomic mass is 10.2. The topological polar surface area (TPSA) is 50.6 Å². The molecule has 0 N–H and O–H groups in total. The van der Waals surface area contributed by atoms with Gasteiger partial charge in [0.05, 0.1) is 22.8 Å². The molecule has 11 heteroatoms. The molecule has 1 aromatic carbocycles. The van der Waals surface area contributed by atoms with Gasteiger partial charge in [0.15, 0.2) is 5.69 Å². The van der Waals surface area contributed by atoms with Crippen LogP contribution in [-0.2, 0) is 17.5 Å². The highest BCUT2D eigenvalue weighted by Crippen LogP contribution is 2.36. The maximum atomic E-state index is 13.2. The van der Waals surface area contributed by atoms with Crippen LogP contribution in [0.5, 0.6) is 5.75 Å². The minimum absolute atomic E-state index is 0.0355. The molecule has 3 rings (SSSR count).